The second-order valence-electron chi connectivity index (χ2n) is 7.13. The van der Waals surface area contributed by atoms with E-state index in [0.29, 0.717) is 23.3 Å². The predicted molar refractivity (Wildman–Crippen MR) is 129 cm³/mol. The lowest BCUT2D eigenvalue weighted by Gasteiger charge is -2.11. The minimum Gasteiger partial charge on any atom is -0.487 e. The summed E-state index contributed by atoms with van der Waals surface area (Å²) in [5, 5.41) is 2.56. The van der Waals surface area contributed by atoms with Crippen LogP contribution in [0.3, 0.4) is 0 Å². The monoisotopic (exact) mass is 437 g/mol. The topological polar surface area (TPSA) is 57.0 Å². The van der Waals surface area contributed by atoms with Crippen LogP contribution < -0.4 is 10.3 Å². The van der Waals surface area contributed by atoms with Crippen LogP contribution in [0.25, 0.3) is 28.7 Å². The van der Waals surface area contributed by atoms with Gasteiger partial charge in [-0.25, -0.2) is 9.97 Å². The summed E-state index contributed by atoms with van der Waals surface area (Å²) < 4.78 is 7.41. The summed E-state index contributed by atoms with van der Waals surface area (Å²) in [6.45, 7) is 0.447. The fraction of sp³-hybridized carbons (Fsp3) is 0.0385. The zero-order valence-electron chi connectivity index (χ0n) is 17.1. The molecule has 0 atom stereocenters. The van der Waals surface area contributed by atoms with Crippen LogP contribution >= 0.6 is 11.3 Å². The fourth-order valence-corrected chi connectivity index (χ4v) is 3.94. The van der Waals surface area contributed by atoms with E-state index in [1.807, 2.05) is 96.4 Å². The Kier molecular flexibility index (Phi) is 5.59. The van der Waals surface area contributed by atoms with E-state index in [0.717, 1.165) is 22.7 Å². The molecule has 5 aromatic rings. The lowest BCUT2D eigenvalue weighted by Crippen LogP contribution is -2.22. The Labute approximate surface area is 188 Å². The van der Waals surface area contributed by atoms with Crippen LogP contribution in [-0.4, -0.2) is 14.5 Å². The van der Waals surface area contributed by atoms with Gasteiger partial charge in [0, 0.05) is 5.38 Å². The number of nitrogens with zero attached hydrogens (tertiary/aromatic N) is 3. The molecule has 0 saturated heterocycles. The largest absolute Gasteiger partial charge is 0.487 e. The van der Waals surface area contributed by atoms with Gasteiger partial charge in [0.05, 0.1) is 27.8 Å². The Balaban J connectivity index is 1.46. The molecule has 0 amide bonds. The highest BCUT2D eigenvalue weighted by molar-refractivity contribution is 7.07. The van der Waals surface area contributed by atoms with Crippen LogP contribution in [0.1, 0.15) is 17.1 Å². The van der Waals surface area contributed by atoms with Crippen molar-refractivity contribution in [1.29, 1.82) is 0 Å². The van der Waals surface area contributed by atoms with Crippen LogP contribution in [0.15, 0.2) is 94.5 Å². The van der Waals surface area contributed by atoms with Crippen molar-refractivity contribution in [3.63, 3.8) is 0 Å². The fourth-order valence-electron chi connectivity index (χ4n) is 3.40. The van der Waals surface area contributed by atoms with Crippen molar-refractivity contribution >= 4 is 34.4 Å². The van der Waals surface area contributed by atoms with Gasteiger partial charge in [0.2, 0.25) is 0 Å². The van der Waals surface area contributed by atoms with Gasteiger partial charge in [-0.05, 0) is 48.0 Å². The summed E-state index contributed by atoms with van der Waals surface area (Å²) in [5.74, 6) is 1.35. The average Bonchev–Trinajstić information content (AvgIpc) is 3.36. The first-order chi connectivity index (χ1) is 15.8. The molecule has 0 fully saturated rings. The van der Waals surface area contributed by atoms with Gasteiger partial charge in [0.25, 0.3) is 5.56 Å². The van der Waals surface area contributed by atoms with Crippen molar-refractivity contribution in [3.05, 3.63) is 117 Å². The highest BCUT2D eigenvalue weighted by Crippen LogP contribution is 2.18. The predicted octanol–water partition coefficient (Wildman–Crippen LogP) is 5.59. The molecule has 2 aromatic heterocycles. The van der Waals surface area contributed by atoms with Gasteiger partial charge in [0.1, 0.15) is 18.2 Å². The van der Waals surface area contributed by atoms with Crippen molar-refractivity contribution in [3.8, 4) is 11.4 Å². The Hall–Kier alpha value is -4.03. The number of para-hydroxylation sites is 2. The van der Waals surface area contributed by atoms with Crippen molar-refractivity contribution in [2.45, 2.75) is 6.61 Å². The number of aromatic nitrogens is 3. The molecule has 0 saturated carbocycles. The third-order valence-corrected chi connectivity index (χ3v) is 5.63. The molecule has 6 heteroatoms. The van der Waals surface area contributed by atoms with Crippen molar-refractivity contribution in [2.75, 3.05) is 0 Å². The normalized spacial score (nSPS) is 11.2. The maximum atomic E-state index is 13.2. The first-order valence-corrected chi connectivity index (χ1v) is 11.1. The molecule has 0 bridgehead atoms. The van der Waals surface area contributed by atoms with E-state index in [4.69, 9.17) is 9.72 Å². The SMILES string of the molecule is O=c1c2ccccc2nc(C=Cc2ccc(OCc3cscn3)cc2)n1-c1ccccc1. The second kappa shape index (κ2) is 8.99. The van der Waals surface area contributed by atoms with Gasteiger partial charge < -0.3 is 4.74 Å². The standard InChI is InChI=1S/C26H19N3O2S/c30-26-23-8-4-5-9-24(23)28-25(29(26)21-6-2-1-3-7-21)15-12-19-10-13-22(14-11-19)31-16-20-17-32-18-27-20/h1-15,17-18H,16H2. The quantitative estimate of drug-likeness (QED) is 0.347. The molecule has 0 aliphatic heterocycles. The number of ether oxygens (including phenoxy) is 1. The van der Waals surface area contributed by atoms with Crippen LogP contribution in [0.5, 0.6) is 5.75 Å². The van der Waals surface area contributed by atoms with Crippen LogP contribution in [-0.2, 0) is 6.61 Å². The van der Waals surface area contributed by atoms with E-state index >= 15 is 0 Å². The number of benzene rings is 3. The summed E-state index contributed by atoms with van der Waals surface area (Å²) in [7, 11) is 0. The van der Waals surface area contributed by atoms with Gasteiger partial charge in [-0.1, -0.05) is 48.5 Å². The summed E-state index contributed by atoms with van der Waals surface area (Å²) in [4.78, 5) is 22.2. The molecule has 3 aromatic carbocycles. The lowest BCUT2D eigenvalue weighted by atomic mass is 10.2. The number of hydrogen-bond donors (Lipinski definition) is 0. The molecule has 5 rings (SSSR count). The van der Waals surface area contributed by atoms with Crippen LogP contribution in [0.4, 0.5) is 0 Å². The van der Waals surface area contributed by atoms with Crippen LogP contribution in [0.2, 0.25) is 0 Å². The van der Waals surface area contributed by atoms with E-state index in [1.165, 1.54) is 0 Å². The van der Waals surface area contributed by atoms with E-state index in [2.05, 4.69) is 4.98 Å². The highest BCUT2D eigenvalue weighted by atomic mass is 32.1. The van der Waals surface area contributed by atoms with Crippen molar-refractivity contribution in [2.24, 2.45) is 0 Å². The van der Waals surface area contributed by atoms with E-state index in [1.54, 1.807) is 21.4 Å². The Morgan fingerprint density at radius 3 is 2.47 bits per heavy atom. The summed E-state index contributed by atoms with van der Waals surface area (Å²) in [6, 6.07) is 24.8. The Morgan fingerprint density at radius 1 is 0.906 bits per heavy atom. The minimum atomic E-state index is -0.0905. The molecule has 2 heterocycles. The molecule has 32 heavy (non-hydrogen) atoms. The average molecular weight is 438 g/mol. The van der Waals surface area contributed by atoms with Gasteiger partial charge in [-0.2, -0.15) is 0 Å². The summed E-state index contributed by atoms with van der Waals surface area (Å²) >= 11 is 1.55. The number of fused-ring (bicyclic) bond motifs is 1. The van der Waals surface area contributed by atoms with E-state index in [9.17, 15) is 4.79 Å². The molecular weight excluding hydrogens is 418 g/mol. The molecule has 0 unspecified atom stereocenters. The first kappa shape index (κ1) is 19.9. The third-order valence-electron chi connectivity index (χ3n) is 4.99. The molecule has 0 aliphatic rings. The molecule has 0 spiro atoms. The maximum absolute atomic E-state index is 13.2. The van der Waals surface area contributed by atoms with Crippen molar-refractivity contribution < 1.29 is 4.74 Å². The van der Waals surface area contributed by atoms with Gasteiger partial charge >= 0.3 is 0 Å². The highest BCUT2D eigenvalue weighted by Gasteiger charge is 2.10. The van der Waals surface area contributed by atoms with Gasteiger partial charge in [-0.3, -0.25) is 9.36 Å². The number of hydrogen-bond acceptors (Lipinski definition) is 5. The molecular formula is C26H19N3O2S. The zero-order valence-corrected chi connectivity index (χ0v) is 17.9. The molecule has 0 radical (unpaired) electrons. The van der Waals surface area contributed by atoms with E-state index < -0.39 is 0 Å². The number of rotatable bonds is 6. The van der Waals surface area contributed by atoms with Gasteiger partial charge in [0.15, 0.2) is 0 Å². The second-order valence-corrected chi connectivity index (χ2v) is 7.85. The van der Waals surface area contributed by atoms with Crippen LogP contribution in [0, 0.1) is 0 Å². The zero-order chi connectivity index (χ0) is 21.8. The van der Waals surface area contributed by atoms with Crippen molar-refractivity contribution in [1.82, 2.24) is 14.5 Å². The first-order valence-electron chi connectivity index (χ1n) is 10.1. The smallest absolute Gasteiger partial charge is 0.266 e. The number of thiazole rings is 1. The third kappa shape index (κ3) is 4.22. The molecule has 5 nitrogen and oxygen atoms in total. The lowest BCUT2D eigenvalue weighted by molar-refractivity contribution is 0.302. The molecule has 0 N–H and O–H groups in total. The molecule has 156 valence electrons. The Morgan fingerprint density at radius 2 is 1.69 bits per heavy atom. The van der Waals surface area contributed by atoms with E-state index in [-0.39, 0.29) is 5.56 Å². The minimum absolute atomic E-state index is 0.0905. The summed E-state index contributed by atoms with van der Waals surface area (Å²) in [6.07, 6.45) is 3.81. The summed E-state index contributed by atoms with van der Waals surface area (Å²) in [5.41, 5.74) is 5.06. The van der Waals surface area contributed by atoms with Gasteiger partial charge in [-0.15, -0.1) is 11.3 Å². The Bertz CT molecular complexity index is 1420. The molecule has 0 aliphatic carbocycles. The maximum Gasteiger partial charge on any atom is 0.266 e.